The van der Waals surface area contributed by atoms with E-state index in [0.717, 1.165) is 23.6 Å². The molecule has 8 heteroatoms. The molecular weight excluding hydrogens is 304 g/mol. The summed E-state index contributed by atoms with van der Waals surface area (Å²) in [6.07, 6.45) is 3.68. The Kier molecular flexibility index (Phi) is 4.05. The highest BCUT2D eigenvalue weighted by molar-refractivity contribution is 7.91. The normalized spacial score (nSPS) is 22.0. The van der Waals surface area contributed by atoms with E-state index in [4.69, 9.17) is 4.52 Å². The summed E-state index contributed by atoms with van der Waals surface area (Å²) in [5, 5.41) is 8.27. The van der Waals surface area contributed by atoms with Gasteiger partial charge in [0.15, 0.2) is 9.84 Å². The van der Waals surface area contributed by atoms with Crippen molar-refractivity contribution in [3.05, 3.63) is 35.5 Å². The molecule has 2 aromatic heterocycles. The number of aryl methyl sites for hydroxylation is 2. The van der Waals surface area contributed by atoms with Crippen molar-refractivity contribution in [1.29, 1.82) is 0 Å². The van der Waals surface area contributed by atoms with Gasteiger partial charge in [0.2, 0.25) is 0 Å². The van der Waals surface area contributed by atoms with Crippen molar-refractivity contribution in [3.63, 3.8) is 0 Å². The number of nitrogens with zero attached hydrogens (tertiary/aromatic N) is 4. The fourth-order valence-corrected chi connectivity index (χ4v) is 4.33. The molecule has 0 aromatic carbocycles. The van der Waals surface area contributed by atoms with Gasteiger partial charge in [-0.3, -0.25) is 9.58 Å². The van der Waals surface area contributed by atoms with E-state index < -0.39 is 9.84 Å². The van der Waals surface area contributed by atoms with Gasteiger partial charge in [0.25, 0.3) is 0 Å². The average molecular weight is 324 g/mol. The van der Waals surface area contributed by atoms with Crippen molar-refractivity contribution >= 4 is 9.84 Å². The zero-order chi connectivity index (χ0) is 15.7. The Hall–Kier alpha value is -1.67. The molecule has 1 atom stereocenters. The molecule has 1 fully saturated rings. The fraction of sp³-hybridized carbons (Fsp3) is 0.571. The average Bonchev–Trinajstić information content (AvgIpc) is 3.09. The van der Waals surface area contributed by atoms with Gasteiger partial charge in [-0.25, -0.2) is 8.42 Å². The summed E-state index contributed by atoms with van der Waals surface area (Å²) >= 11 is 0. The quantitative estimate of drug-likeness (QED) is 0.840. The molecule has 0 bridgehead atoms. The molecule has 0 unspecified atom stereocenters. The number of aromatic nitrogens is 3. The Morgan fingerprint density at radius 2 is 2.27 bits per heavy atom. The highest BCUT2D eigenvalue weighted by Gasteiger charge is 2.33. The Labute approximate surface area is 129 Å². The van der Waals surface area contributed by atoms with Gasteiger partial charge >= 0.3 is 0 Å². The van der Waals surface area contributed by atoms with Crippen LogP contribution in [0.4, 0.5) is 0 Å². The van der Waals surface area contributed by atoms with Crippen LogP contribution < -0.4 is 0 Å². The summed E-state index contributed by atoms with van der Waals surface area (Å²) in [5.74, 6) is 1.07. The largest absolute Gasteiger partial charge is 0.361 e. The Morgan fingerprint density at radius 3 is 2.91 bits per heavy atom. The van der Waals surface area contributed by atoms with E-state index >= 15 is 0 Å². The van der Waals surface area contributed by atoms with E-state index in [1.807, 2.05) is 30.8 Å². The van der Waals surface area contributed by atoms with Crippen molar-refractivity contribution < 1.29 is 12.9 Å². The SMILES string of the molecule is CCn1cc([C@@H]2CS(=O)(=O)CCN2Cc2cc(C)on2)cn1. The van der Waals surface area contributed by atoms with Crippen LogP contribution in [0.5, 0.6) is 0 Å². The molecule has 1 saturated heterocycles. The smallest absolute Gasteiger partial charge is 0.153 e. The maximum absolute atomic E-state index is 12.0. The Balaban J connectivity index is 1.85. The topological polar surface area (TPSA) is 81.2 Å². The zero-order valence-electron chi connectivity index (χ0n) is 12.8. The molecule has 1 aliphatic rings. The number of sulfone groups is 1. The lowest BCUT2D eigenvalue weighted by molar-refractivity contribution is 0.200. The number of hydrogen-bond donors (Lipinski definition) is 0. The first-order valence-electron chi connectivity index (χ1n) is 7.36. The highest BCUT2D eigenvalue weighted by Crippen LogP contribution is 2.28. The zero-order valence-corrected chi connectivity index (χ0v) is 13.6. The molecular formula is C14H20N4O3S. The van der Waals surface area contributed by atoms with E-state index in [-0.39, 0.29) is 17.5 Å². The van der Waals surface area contributed by atoms with Crippen molar-refractivity contribution in [1.82, 2.24) is 19.8 Å². The van der Waals surface area contributed by atoms with E-state index in [0.29, 0.717) is 13.1 Å². The number of rotatable bonds is 4. The minimum Gasteiger partial charge on any atom is -0.361 e. The summed E-state index contributed by atoms with van der Waals surface area (Å²) in [4.78, 5) is 2.13. The first kappa shape index (κ1) is 15.2. The second kappa shape index (κ2) is 5.85. The van der Waals surface area contributed by atoms with E-state index in [2.05, 4.69) is 15.2 Å². The molecule has 3 rings (SSSR count). The number of hydrogen-bond acceptors (Lipinski definition) is 6. The second-order valence-corrected chi connectivity index (χ2v) is 7.89. The fourth-order valence-electron chi connectivity index (χ4n) is 2.76. The summed E-state index contributed by atoms with van der Waals surface area (Å²) in [6, 6.07) is 1.70. The Morgan fingerprint density at radius 1 is 1.45 bits per heavy atom. The van der Waals surface area contributed by atoms with Crippen LogP contribution in [0.3, 0.4) is 0 Å². The molecule has 120 valence electrons. The van der Waals surface area contributed by atoms with Gasteiger partial charge in [-0.05, 0) is 13.8 Å². The van der Waals surface area contributed by atoms with Crippen LogP contribution in [0, 0.1) is 6.92 Å². The van der Waals surface area contributed by atoms with Crippen LogP contribution in [-0.4, -0.2) is 46.3 Å². The van der Waals surface area contributed by atoms with Crippen molar-refractivity contribution in [2.75, 3.05) is 18.1 Å². The van der Waals surface area contributed by atoms with Crippen LogP contribution in [0.1, 0.15) is 30.0 Å². The maximum Gasteiger partial charge on any atom is 0.153 e. The molecule has 7 nitrogen and oxygen atoms in total. The lowest BCUT2D eigenvalue weighted by Gasteiger charge is -2.34. The molecule has 0 N–H and O–H groups in total. The minimum atomic E-state index is -3.02. The van der Waals surface area contributed by atoms with E-state index in [1.54, 1.807) is 6.20 Å². The highest BCUT2D eigenvalue weighted by atomic mass is 32.2. The standard InChI is InChI=1S/C14H20N4O3S/c1-3-18-8-12(7-15-18)14-10-22(19,20)5-4-17(14)9-13-6-11(2)21-16-13/h6-8,14H,3-5,9-10H2,1-2H3/t14-/m0/s1. The molecule has 0 aliphatic carbocycles. The first-order valence-corrected chi connectivity index (χ1v) is 9.18. The monoisotopic (exact) mass is 324 g/mol. The van der Waals surface area contributed by atoms with Crippen LogP contribution in [0.25, 0.3) is 0 Å². The lowest BCUT2D eigenvalue weighted by atomic mass is 10.1. The Bertz CT molecular complexity index is 750. The molecule has 3 heterocycles. The van der Waals surface area contributed by atoms with Crippen LogP contribution in [0.2, 0.25) is 0 Å². The molecule has 0 radical (unpaired) electrons. The van der Waals surface area contributed by atoms with Gasteiger partial charge in [-0.1, -0.05) is 5.16 Å². The van der Waals surface area contributed by atoms with Crippen LogP contribution in [-0.2, 0) is 22.9 Å². The third kappa shape index (κ3) is 3.22. The van der Waals surface area contributed by atoms with Gasteiger partial charge in [-0.2, -0.15) is 5.10 Å². The molecule has 2 aromatic rings. The van der Waals surface area contributed by atoms with Gasteiger partial charge in [0.05, 0.1) is 29.4 Å². The molecule has 0 spiro atoms. The van der Waals surface area contributed by atoms with E-state index in [9.17, 15) is 8.42 Å². The van der Waals surface area contributed by atoms with Crippen molar-refractivity contribution in [3.8, 4) is 0 Å². The van der Waals surface area contributed by atoms with Gasteiger partial charge in [0.1, 0.15) is 5.76 Å². The molecule has 0 amide bonds. The lowest BCUT2D eigenvalue weighted by Crippen LogP contribution is -2.42. The summed E-state index contributed by atoms with van der Waals surface area (Å²) < 4.78 is 31.0. The molecule has 1 aliphatic heterocycles. The second-order valence-electron chi connectivity index (χ2n) is 5.66. The van der Waals surface area contributed by atoms with Crippen LogP contribution >= 0.6 is 0 Å². The first-order chi connectivity index (χ1) is 10.5. The van der Waals surface area contributed by atoms with Gasteiger partial charge < -0.3 is 4.52 Å². The minimum absolute atomic E-state index is 0.124. The summed E-state index contributed by atoms with van der Waals surface area (Å²) in [5.41, 5.74) is 1.76. The van der Waals surface area contributed by atoms with Crippen molar-refractivity contribution in [2.45, 2.75) is 33.0 Å². The predicted molar refractivity (Wildman–Crippen MR) is 80.9 cm³/mol. The molecule has 0 saturated carbocycles. The van der Waals surface area contributed by atoms with Gasteiger partial charge in [0, 0.05) is 37.5 Å². The predicted octanol–water partition coefficient (Wildman–Crippen LogP) is 1.17. The third-order valence-corrected chi connectivity index (χ3v) is 5.57. The van der Waals surface area contributed by atoms with Crippen molar-refractivity contribution in [2.24, 2.45) is 0 Å². The molecule has 22 heavy (non-hydrogen) atoms. The third-order valence-electron chi connectivity index (χ3n) is 3.95. The van der Waals surface area contributed by atoms with Gasteiger partial charge in [-0.15, -0.1) is 0 Å². The summed E-state index contributed by atoms with van der Waals surface area (Å²) in [6.45, 7) is 5.69. The summed E-state index contributed by atoms with van der Waals surface area (Å²) in [7, 11) is -3.02. The van der Waals surface area contributed by atoms with E-state index in [1.165, 1.54) is 0 Å². The maximum atomic E-state index is 12.0. The van der Waals surface area contributed by atoms with Crippen LogP contribution in [0.15, 0.2) is 23.0 Å².